The van der Waals surface area contributed by atoms with E-state index in [-0.39, 0.29) is 11.6 Å². The Labute approximate surface area is 180 Å². The van der Waals surface area contributed by atoms with Crippen LogP contribution in [-0.4, -0.2) is 41.4 Å². The summed E-state index contributed by atoms with van der Waals surface area (Å²) < 4.78 is 7.67. The van der Waals surface area contributed by atoms with Gasteiger partial charge in [0.1, 0.15) is 5.69 Å². The number of hydrazine groups is 1. The minimum atomic E-state index is -0.320. The Morgan fingerprint density at radius 2 is 1.86 bits per heavy atom. The first-order valence-corrected chi connectivity index (χ1v) is 9.95. The number of hydrogen-bond donors (Lipinski definition) is 1. The van der Waals surface area contributed by atoms with Crippen molar-refractivity contribution in [2.24, 2.45) is 0 Å². The minimum Gasteiger partial charge on any atom is -0.489 e. The molecule has 0 radical (unpaired) electrons. The maximum absolute atomic E-state index is 13.0. The van der Waals surface area contributed by atoms with Gasteiger partial charge in [-0.2, -0.15) is 5.10 Å². The van der Waals surface area contributed by atoms with Gasteiger partial charge in [-0.25, -0.2) is 10.1 Å². The Hall–Kier alpha value is -2.54. The topological polar surface area (TPSA) is 59.4 Å². The Balaban J connectivity index is 2.31. The average molecular weight is 433 g/mol. The molecule has 0 fully saturated rings. The molecule has 0 atom stereocenters. The van der Waals surface area contributed by atoms with Crippen molar-refractivity contribution in [3.63, 3.8) is 0 Å². The van der Waals surface area contributed by atoms with E-state index in [9.17, 15) is 4.79 Å². The molecule has 152 valence electrons. The van der Waals surface area contributed by atoms with E-state index in [1.54, 1.807) is 37.0 Å². The molecule has 8 heteroatoms. The van der Waals surface area contributed by atoms with Crippen LogP contribution in [0, 0.1) is 0 Å². The van der Waals surface area contributed by atoms with E-state index in [2.05, 4.69) is 10.5 Å². The number of carbonyl (C=O) groups excluding carboxylic acids is 1. The van der Waals surface area contributed by atoms with Crippen LogP contribution in [0.5, 0.6) is 5.75 Å². The summed E-state index contributed by atoms with van der Waals surface area (Å²) in [5.41, 5.74) is 5.09. The standard InChI is InChI=1S/C21H22Cl2N4O2/c1-4-13-29-20-18(21(28)26(3)24-2)25-27(17-8-6-5-7-16(17)23)19(20)14-9-11-15(22)12-10-14/h5-12,24H,4,13H2,1-3H3. The lowest BCUT2D eigenvalue weighted by molar-refractivity contribution is 0.0724. The van der Waals surface area contributed by atoms with Crippen LogP contribution < -0.4 is 10.2 Å². The third kappa shape index (κ3) is 4.40. The molecular weight excluding hydrogens is 411 g/mol. The molecule has 1 heterocycles. The van der Waals surface area contributed by atoms with Crippen LogP contribution in [0.15, 0.2) is 48.5 Å². The third-order valence-electron chi connectivity index (χ3n) is 4.33. The van der Waals surface area contributed by atoms with Crippen molar-refractivity contribution in [1.82, 2.24) is 20.2 Å². The summed E-state index contributed by atoms with van der Waals surface area (Å²) in [6.07, 6.45) is 0.785. The largest absolute Gasteiger partial charge is 0.489 e. The summed E-state index contributed by atoms with van der Waals surface area (Å²) >= 11 is 12.5. The SMILES string of the molecule is CCCOc1c(C(=O)N(C)NC)nn(-c2ccccc2Cl)c1-c1ccc(Cl)cc1. The van der Waals surface area contributed by atoms with E-state index in [0.717, 1.165) is 12.0 Å². The summed E-state index contributed by atoms with van der Waals surface area (Å²) in [6.45, 7) is 2.44. The van der Waals surface area contributed by atoms with Crippen LogP contribution in [0.3, 0.4) is 0 Å². The molecule has 3 rings (SSSR count). The first-order valence-electron chi connectivity index (χ1n) is 9.20. The fourth-order valence-electron chi connectivity index (χ4n) is 2.80. The number of amides is 1. The second kappa shape index (κ2) is 9.31. The summed E-state index contributed by atoms with van der Waals surface area (Å²) in [5, 5.41) is 7.07. The fourth-order valence-corrected chi connectivity index (χ4v) is 3.15. The number of ether oxygens (including phenoxy) is 1. The van der Waals surface area contributed by atoms with Crippen molar-refractivity contribution in [3.05, 3.63) is 64.3 Å². The van der Waals surface area contributed by atoms with Gasteiger partial charge in [0.05, 0.1) is 17.3 Å². The van der Waals surface area contributed by atoms with E-state index in [0.29, 0.717) is 33.8 Å². The maximum atomic E-state index is 13.0. The summed E-state index contributed by atoms with van der Waals surface area (Å²) in [6, 6.07) is 14.6. The second-order valence-corrected chi connectivity index (χ2v) is 7.18. The number of nitrogens with one attached hydrogen (secondary N) is 1. The molecule has 0 aliphatic carbocycles. The molecule has 1 aromatic heterocycles. The lowest BCUT2D eigenvalue weighted by Crippen LogP contribution is -2.37. The molecule has 0 bridgehead atoms. The highest BCUT2D eigenvalue weighted by molar-refractivity contribution is 6.32. The molecule has 0 aliphatic heterocycles. The first kappa shape index (κ1) is 21.2. The second-order valence-electron chi connectivity index (χ2n) is 6.33. The van der Waals surface area contributed by atoms with Crippen molar-refractivity contribution in [2.45, 2.75) is 13.3 Å². The number of para-hydroxylation sites is 1. The van der Waals surface area contributed by atoms with Crippen LogP contribution in [0.4, 0.5) is 0 Å². The summed E-state index contributed by atoms with van der Waals surface area (Å²) in [4.78, 5) is 13.0. The molecule has 0 saturated heterocycles. The van der Waals surface area contributed by atoms with Gasteiger partial charge in [0, 0.05) is 24.7 Å². The number of benzene rings is 2. The normalized spacial score (nSPS) is 10.8. The highest BCUT2D eigenvalue weighted by Gasteiger charge is 2.28. The quantitative estimate of drug-likeness (QED) is 0.542. The van der Waals surface area contributed by atoms with E-state index in [1.165, 1.54) is 5.01 Å². The Bertz CT molecular complexity index is 1000. The van der Waals surface area contributed by atoms with Gasteiger partial charge in [-0.1, -0.05) is 54.4 Å². The monoisotopic (exact) mass is 432 g/mol. The van der Waals surface area contributed by atoms with Crippen molar-refractivity contribution in [2.75, 3.05) is 20.7 Å². The molecule has 6 nitrogen and oxygen atoms in total. The van der Waals surface area contributed by atoms with E-state index in [4.69, 9.17) is 27.9 Å². The number of rotatable bonds is 7. The zero-order valence-electron chi connectivity index (χ0n) is 16.4. The van der Waals surface area contributed by atoms with Crippen molar-refractivity contribution >= 4 is 29.1 Å². The van der Waals surface area contributed by atoms with E-state index in [1.807, 2.05) is 37.3 Å². The van der Waals surface area contributed by atoms with Gasteiger partial charge in [-0.15, -0.1) is 0 Å². The molecule has 0 spiro atoms. The van der Waals surface area contributed by atoms with E-state index >= 15 is 0 Å². The fraction of sp³-hybridized carbons (Fsp3) is 0.238. The van der Waals surface area contributed by atoms with Crippen molar-refractivity contribution in [1.29, 1.82) is 0 Å². The molecule has 0 unspecified atom stereocenters. The van der Waals surface area contributed by atoms with Crippen LogP contribution >= 0.6 is 23.2 Å². The van der Waals surface area contributed by atoms with Crippen LogP contribution in [0.25, 0.3) is 16.9 Å². The summed E-state index contributed by atoms with van der Waals surface area (Å²) in [7, 11) is 3.29. The Kier molecular flexibility index (Phi) is 6.79. The van der Waals surface area contributed by atoms with Crippen molar-refractivity contribution < 1.29 is 9.53 Å². The first-order chi connectivity index (χ1) is 14.0. The van der Waals surface area contributed by atoms with Crippen LogP contribution in [0.2, 0.25) is 10.0 Å². The number of aromatic nitrogens is 2. The number of carbonyl (C=O) groups is 1. The predicted octanol–water partition coefficient (Wildman–Crippen LogP) is 4.84. The van der Waals surface area contributed by atoms with Gasteiger partial charge in [-0.05, 0) is 30.7 Å². The molecule has 2 aromatic carbocycles. The molecule has 29 heavy (non-hydrogen) atoms. The number of hydrogen-bond acceptors (Lipinski definition) is 4. The molecule has 1 amide bonds. The number of nitrogens with zero attached hydrogens (tertiary/aromatic N) is 3. The van der Waals surface area contributed by atoms with Crippen LogP contribution in [-0.2, 0) is 0 Å². The van der Waals surface area contributed by atoms with Gasteiger partial charge in [-0.3, -0.25) is 9.80 Å². The highest BCUT2D eigenvalue weighted by Crippen LogP contribution is 2.38. The zero-order chi connectivity index (χ0) is 21.0. The molecule has 3 aromatic rings. The van der Waals surface area contributed by atoms with Gasteiger partial charge < -0.3 is 4.74 Å². The molecule has 1 N–H and O–H groups in total. The number of halogens is 2. The molecular formula is C21H22Cl2N4O2. The highest BCUT2D eigenvalue weighted by atomic mass is 35.5. The van der Waals surface area contributed by atoms with Gasteiger partial charge >= 0.3 is 0 Å². The molecule has 0 saturated carbocycles. The lowest BCUT2D eigenvalue weighted by atomic mass is 10.1. The van der Waals surface area contributed by atoms with Gasteiger partial charge in [0.15, 0.2) is 11.4 Å². The average Bonchev–Trinajstić information content (AvgIpc) is 3.11. The minimum absolute atomic E-state index is 0.195. The molecule has 0 aliphatic rings. The third-order valence-corrected chi connectivity index (χ3v) is 4.90. The van der Waals surface area contributed by atoms with Gasteiger partial charge in [0.25, 0.3) is 5.91 Å². The smallest absolute Gasteiger partial charge is 0.292 e. The van der Waals surface area contributed by atoms with E-state index < -0.39 is 0 Å². The Morgan fingerprint density at radius 1 is 1.17 bits per heavy atom. The lowest BCUT2D eigenvalue weighted by Gasteiger charge is -2.15. The summed E-state index contributed by atoms with van der Waals surface area (Å²) in [5.74, 6) is 0.0841. The zero-order valence-corrected chi connectivity index (χ0v) is 18.0. The van der Waals surface area contributed by atoms with Crippen LogP contribution in [0.1, 0.15) is 23.8 Å². The predicted molar refractivity (Wildman–Crippen MR) is 116 cm³/mol. The maximum Gasteiger partial charge on any atom is 0.292 e. The Morgan fingerprint density at radius 3 is 2.48 bits per heavy atom. The van der Waals surface area contributed by atoms with Crippen molar-refractivity contribution in [3.8, 4) is 22.7 Å². The van der Waals surface area contributed by atoms with Gasteiger partial charge in [0.2, 0.25) is 0 Å².